The lowest BCUT2D eigenvalue weighted by molar-refractivity contribution is -0.122. The van der Waals surface area contributed by atoms with Crippen molar-refractivity contribution in [1.82, 2.24) is 101 Å². The Bertz CT molecular complexity index is 8220. The molecule has 0 unspecified atom stereocenters. The molecule has 26 rings (SSSR count). The van der Waals surface area contributed by atoms with E-state index < -0.39 is 30.0 Å². The molecule has 20 heterocycles. The molecule has 37 heteroatoms. The van der Waals surface area contributed by atoms with Gasteiger partial charge in [-0.05, 0) is 235 Å². The van der Waals surface area contributed by atoms with E-state index >= 15 is 0 Å². The summed E-state index contributed by atoms with van der Waals surface area (Å²) in [5.41, 5.74) is 40.5. The number of hydrogen-bond acceptors (Lipinski definition) is 25. The van der Waals surface area contributed by atoms with Gasteiger partial charge in [0.2, 0.25) is 11.8 Å². The first-order valence-corrected chi connectivity index (χ1v) is 47.8. The van der Waals surface area contributed by atoms with E-state index in [0.717, 1.165) is 180 Å². The predicted octanol–water partition coefficient (Wildman–Crippen LogP) is 14.1. The molecule has 6 aliphatic rings. The topological polar surface area (TPSA) is 454 Å². The van der Waals surface area contributed by atoms with E-state index in [1.54, 1.807) is 58.9 Å². The molecule has 5 saturated heterocycles. The van der Waals surface area contributed by atoms with Crippen LogP contribution in [0.2, 0.25) is 0 Å². The van der Waals surface area contributed by atoms with Gasteiger partial charge in [-0.3, -0.25) is 60.5 Å². The molecule has 3 atom stereocenters. The Hall–Kier alpha value is -16.9. The van der Waals surface area contributed by atoms with E-state index in [1.807, 2.05) is 236 Å². The zero-order valence-electron chi connectivity index (χ0n) is 79.0. The molecule has 6 fully saturated rings. The van der Waals surface area contributed by atoms with Crippen LogP contribution >= 0.6 is 0 Å². The van der Waals surface area contributed by atoms with Gasteiger partial charge in [0.15, 0.2) is 57.4 Å². The Morgan fingerprint density at radius 3 is 0.846 bits per heavy atom. The number of nitrogens with zero attached hydrogens (tertiary/aromatic N) is 21. The van der Waals surface area contributed by atoms with Crippen LogP contribution in [0.25, 0.3) is 139 Å². The van der Waals surface area contributed by atoms with Crippen LogP contribution in [0.15, 0.2) is 236 Å². The molecule has 15 aromatic heterocycles. The van der Waals surface area contributed by atoms with Crippen LogP contribution in [0.5, 0.6) is 0 Å². The number of rotatable bonds is 13. The molecular weight excluding hydrogens is 1820 g/mol. The number of primary amides is 2. The standard InChI is InChI=1S/C23H23N5O2.2C21H19N5O3.C21H21N5O2.C20H18N4O3/c1-15-25-19-12-16(2-6-21(19)30-15)17-3-7-22-24-13-20(28(22)14-17)23(29)27-10-8-26(9-11-27)18-4-5-18;2*1-12-24-15-9-13(4-6-18(15)29-12)14-5-7-19-23-10-17(26(19)11-14)21(28)25-8-2-3-16(25)20(22)27;1-13-24-17-10-14(2-4-19(17)28-13)15-3-5-20-23-11-18(26(20)12-15)21(27)25-8-6-16(22)7-9-25;1-12-22-16-8-13(2-4-18(16)27-12)14-3-5-19-21-9-17(24(19)10-14)20(26)23-7-6-15(25)11-23/h2-3,6-7,12-14,18H,4-5,8-11H2,1H3;2*4-7,9-11,16H,2-3,8H2,1H3,(H2,22,27);2-5,10-12,16H,6-9,22H2,1H3;2-5,8-10,15,25H,6-7,11H2,1H3/t;2*16-;;15-/m.10.0/s1. The third-order valence-electron chi connectivity index (χ3n) is 27.4. The van der Waals surface area contributed by atoms with E-state index in [4.69, 9.17) is 39.3 Å². The molecule has 7 N–H and O–H groups in total. The van der Waals surface area contributed by atoms with E-state index in [2.05, 4.69) is 54.7 Å². The smallest absolute Gasteiger partial charge is 0.273 e. The molecular formula is C106H100N24O13. The maximum absolute atomic E-state index is 13.2. The largest absolute Gasteiger partial charge is 0.441 e. The van der Waals surface area contributed by atoms with Gasteiger partial charge in [-0.15, -0.1) is 0 Å². The number of hydrogen-bond donors (Lipinski definition) is 4. The first kappa shape index (κ1) is 91.2. The number of piperazine rings is 1. The summed E-state index contributed by atoms with van der Waals surface area (Å²) in [6, 6.07) is 48.6. The molecule has 1 aliphatic carbocycles. The third-order valence-corrected chi connectivity index (χ3v) is 27.4. The average molecular weight is 1920 g/mol. The van der Waals surface area contributed by atoms with Crippen molar-refractivity contribution in [2.45, 2.75) is 123 Å². The minimum absolute atomic E-state index is 0.000807. The number of nitrogens with two attached hydrogens (primary N) is 3. The number of carbonyl (C=O) groups is 7. The first-order valence-electron chi connectivity index (χ1n) is 47.8. The van der Waals surface area contributed by atoms with Crippen LogP contribution in [-0.2, 0) is 9.59 Å². The van der Waals surface area contributed by atoms with Crippen molar-refractivity contribution in [3.63, 3.8) is 0 Å². The Balaban J connectivity index is 0.000000102. The molecule has 20 aromatic rings. The second kappa shape index (κ2) is 37.7. The molecule has 37 nitrogen and oxygen atoms in total. The molecule has 7 amide bonds. The van der Waals surface area contributed by atoms with Crippen LogP contribution in [0.1, 0.15) is 140 Å². The van der Waals surface area contributed by atoms with E-state index in [-0.39, 0.29) is 35.6 Å². The number of imidazole rings is 5. The number of oxazole rings is 5. The summed E-state index contributed by atoms with van der Waals surface area (Å²) in [6.07, 6.45) is 24.8. The number of likely N-dealkylation sites (tertiary alicyclic amines) is 4. The van der Waals surface area contributed by atoms with E-state index in [9.17, 15) is 38.7 Å². The molecule has 722 valence electrons. The predicted molar refractivity (Wildman–Crippen MR) is 531 cm³/mol. The second-order valence-corrected chi connectivity index (χ2v) is 37.0. The highest BCUT2D eigenvalue weighted by Gasteiger charge is 2.38. The minimum atomic E-state index is -0.561. The Morgan fingerprint density at radius 2 is 0.573 bits per heavy atom. The summed E-state index contributed by atoms with van der Waals surface area (Å²) >= 11 is 0. The van der Waals surface area contributed by atoms with Gasteiger partial charge in [0, 0.05) is 143 Å². The van der Waals surface area contributed by atoms with Gasteiger partial charge in [0.1, 0.15) is 96.4 Å². The number of carbonyl (C=O) groups excluding carboxylic acids is 7. The highest BCUT2D eigenvalue weighted by molar-refractivity contribution is 6.00. The maximum Gasteiger partial charge on any atom is 0.273 e. The number of piperidine rings is 1. The second-order valence-electron chi connectivity index (χ2n) is 37.0. The van der Waals surface area contributed by atoms with Crippen LogP contribution in [-0.4, -0.2) is 243 Å². The summed E-state index contributed by atoms with van der Waals surface area (Å²) in [7, 11) is 0. The molecule has 0 spiro atoms. The van der Waals surface area contributed by atoms with Gasteiger partial charge in [0.05, 0.1) is 37.1 Å². The van der Waals surface area contributed by atoms with Crippen molar-refractivity contribution < 1.29 is 60.8 Å². The van der Waals surface area contributed by atoms with Crippen molar-refractivity contribution in [3.05, 3.63) is 272 Å². The summed E-state index contributed by atoms with van der Waals surface area (Å²) in [5.74, 6) is 1.69. The van der Waals surface area contributed by atoms with Gasteiger partial charge in [-0.25, -0.2) is 49.8 Å². The lowest BCUT2D eigenvalue weighted by Crippen LogP contribution is -2.49. The normalized spacial score (nSPS) is 16.8. The molecule has 5 aromatic carbocycles. The van der Waals surface area contributed by atoms with Gasteiger partial charge >= 0.3 is 0 Å². The molecule has 0 radical (unpaired) electrons. The lowest BCUT2D eigenvalue weighted by Gasteiger charge is -2.34. The zero-order valence-corrected chi connectivity index (χ0v) is 79.0. The molecule has 0 bridgehead atoms. The number of benzene rings is 5. The quantitative estimate of drug-likeness (QED) is 0.0833. The highest BCUT2D eigenvalue weighted by Crippen LogP contribution is 2.36. The van der Waals surface area contributed by atoms with Crippen molar-refractivity contribution in [2.75, 3.05) is 65.4 Å². The van der Waals surface area contributed by atoms with Crippen molar-refractivity contribution in [3.8, 4) is 55.6 Å². The average Bonchev–Trinajstić information content (AvgIpc) is 1.64. The third kappa shape index (κ3) is 18.3. The van der Waals surface area contributed by atoms with Gasteiger partial charge < -0.3 is 68.9 Å². The highest BCUT2D eigenvalue weighted by atomic mass is 16.4. The van der Waals surface area contributed by atoms with E-state index in [0.29, 0.717) is 133 Å². The van der Waals surface area contributed by atoms with Crippen LogP contribution in [0.3, 0.4) is 0 Å². The van der Waals surface area contributed by atoms with Crippen molar-refractivity contribution in [1.29, 1.82) is 0 Å². The number of amides is 7. The van der Waals surface area contributed by atoms with Crippen LogP contribution in [0.4, 0.5) is 0 Å². The maximum atomic E-state index is 13.2. The Kier molecular flexibility index (Phi) is 24.0. The van der Waals surface area contributed by atoms with Gasteiger partial charge in [0.25, 0.3) is 29.5 Å². The fraction of sp³-hybridized carbons (Fsp3) is 0.274. The minimum Gasteiger partial charge on any atom is -0.441 e. The van der Waals surface area contributed by atoms with E-state index in [1.165, 1.54) is 12.8 Å². The molecule has 143 heavy (non-hydrogen) atoms. The lowest BCUT2D eigenvalue weighted by atomic mass is 10.1. The van der Waals surface area contributed by atoms with Crippen LogP contribution in [0, 0.1) is 34.6 Å². The fourth-order valence-corrected chi connectivity index (χ4v) is 19.8. The van der Waals surface area contributed by atoms with Gasteiger partial charge in [-0.1, -0.05) is 30.3 Å². The van der Waals surface area contributed by atoms with Crippen LogP contribution < -0.4 is 17.2 Å². The summed E-state index contributed by atoms with van der Waals surface area (Å²) < 4.78 is 36.8. The van der Waals surface area contributed by atoms with Crippen molar-refractivity contribution in [2.24, 2.45) is 17.2 Å². The first-order chi connectivity index (χ1) is 69.3. The summed E-state index contributed by atoms with van der Waals surface area (Å²) in [6.45, 7) is 16.0. The Labute approximate surface area is 815 Å². The number of pyridine rings is 5. The fourth-order valence-electron chi connectivity index (χ4n) is 19.8. The summed E-state index contributed by atoms with van der Waals surface area (Å²) in [5, 5.41) is 9.71. The number of aromatic nitrogens is 15. The van der Waals surface area contributed by atoms with Crippen molar-refractivity contribution >= 4 is 125 Å². The number of aryl methyl sites for hydroxylation is 5. The summed E-state index contributed by atoms with van der Waals surface area (Å²) in [4.78, 5) is 144. The number of fused-ring (bicyclic) bond motifs is 10. The number of β-amino-alcohol motifs (C(OH)–C–C–N with tert-alkyl or cyclic N) is 1. The molecule has 1 saturated carbocycles. The molecule has 5 aliphatic heterocycles. The zero-order chi connectivity index (χ0) is 98.3. The number of aliphatic hydroxyl groups is 1. The Morgan fingerprint density at radius 1 is 0.308 bits per heavy atom. The SMILES string of the molecule is Cc1nc2cc(-c3ccc4ncc(C(=O)N5CCC(N)CC5)n4c3)ccc2o1.Cc1nc2cc(-c3ccc4ncc(C(=O)N5CCC[C@@H]5C(N)=O)n4c3)ccc2o1.Cc1nc2cc(-c3ccc4ncc(C(=O)N5CCC[C@H]5C(N)=O)n4c3)ccc2o1.Cc1nc2cc(-c3ccc4ncc(C(=O)N5CCN(C6CC6)CC5)n4c3)ccc2o1.Cc1nc2cc(-c3ccc4ncc(C(=O)N5CC[C@H](O)C5)n4c3)ccc2o1. The monoisotopic (exact) mass is 1920 g/mol. The number of aliphatic hydroxyl groups excluding tert-OH is 1. The van der Waals surface area contributed by atoms with Gasteiger partial charge in [-0.2, -0.15) is 0 Å².